The minimum atomic E-state index is -3.78. The van der Waals surface area contributed by atoms with E-state index in [4.69, 9.17) is 0 Å². The lowest BCUT2D eigenvalue weighted by Gasteiger charge is -2.36. The lowest BCUT2D eigenvalue weighted by Crippen LogP contribution is -2.51. The molecule has 0 aliphatic carbocycles. The van der Waals surface area contributed by atoms with Crippen LogP contribution in [0.2, 0.25) is 0 Å². The molecular weight excluding hydrogens is 291 g/mol. The molecule has 19 heavy (non-hydrogen) atoms. The largest absolute Gasteiger partial charge is 0.260 e. The smallest absolute Gasteiger partial charge is 0.244 e. The fourth-order valence-electron chi connectivity index (χ4n) is 1.92. The normalized spacial score (nSPS) is 24.3. The van der Waals surface area contributed by atoms with Crippen molar-refractivity contribution >= 4 is 20.8 Å². The molecule has 1 aliphatic rings. The van der Waals surface area contributed by atoms with Crippen molar-refractivity contribution in [2.24, 2.45) is 0 Å². The van der Waals surface area contributed by atoms with Crippen LogP contribution in [-0.2, 0) is 20.8 Å². The first kappa shape index (κ1) is 14.5. The maximum Gasteiger partial charge on any atom is 0.244 e. The third kappa shape index (κ3) is 2.85. The Labute approximate surface area is 114 Å². The first-order chi connectivity index (χ1) is 8.73. The summed E-state index contributed by atoms with van der Waals surface area (Å²) in [4.78, 5) is 3.39. The van der Waals surface area contributed by atoms with Gasteiger partial charge in [0.2, 0.25) is 10.0 Å². The van der Waals surface area contributed by atoms with Gasteiger partial charge in [-0.25, -0.2) is 12.8 Å². The summed E-state index contributed by atoms with van der Waals surface area (Å²) in [5, 5.41) is 0. The van der Waals surface area contributed by atoms with Gasteiger partial charge in [-0.15, -0.1) is 0 Å². The summed E-state index contributed by atoms with van der Waals surface area (Å²) in [6, 6.07) is 0.945. The molecule has 0 amide bonds. The zero-order valence-electron chi connectivity index (χ0n) is 10.7. The van der Waals surface area contributed by atoms with Gasteiger partial charge in [-0.3, -0.25) is 9.19 Å². The summed E-state index contributed by atoms with van der Waals surface area (Å²) in [6.07, 6.45) is 2.07. The number of nitrogens with zero attached hydrogens (tertiary/aromatic N) is 2. The van der Waals surface area contributed by atoms with Crippen molar-refractivity contribution in [3.05, 3.63) is 24.3 Å². The van der Waals surface area contributed by atoms with E-state index >= 15 is 0 Å². The van der Waals surface area contributed by atoms with Crippen LogP contribution >= 0.6 is 0 Å². The molecule has 0 aromatic carbocycles. The number of rotatable bonds is 2. The molecule has 0 radical (unpaired) electrons. The molecule has 1 atom stereocenters. The van der Waals surface area contributed by atoms with E-state index < -0.39 is 31.4 Å². The highest BCUT2D eigenvalue weighted by atomic mass is 32.2. The SMILES string of the molecule is CC1(C)CN(S(=O)(=O)c2cncc(F)c2)CC[S@]1=O. The van der Waals surface area contributed by atoms with Crippen LogP contribution in [0.4, 0.5) is 4.39 Å². The van der Waals surface area contributed by atoms with Gasteiger partial charge < -0.3 is 0 Å². The number of aromatic nitrogens is 1. The van der Waals surface area contributed by atoms with Crippen molar-refractivity contribution in [3.8, 4) is 0 Å². The lowest BCUT2D eigenvalue weighted by atomic mass is 10.2. The van der Waals surface area contributed by atoms with Crippen molar-refractivity contribution in [2.45, 2.75) is 23.5 Å². The van der Waals surface area contributed by atoms with Crippen LogP contribution < -0.4 is 0 Å². The fourth-order valence-corrected chi connectivity index (χ4v) is 4.94. The average molecular weight is 306 g/mol. The van der Waals surface area contributed by atoms with Gasteiger partial charge in [0.1, 0.15) is 10.7 Å². The van der Waals surface area contributed by atoms with Gasteiger partial charge in [0, 0.05) is 35.8 Å². The second kappa shape index (κ2) is 4.92. The Morgan fingerprint density at radius 1 is 1.42 bits per heavy atom. The third-order valence-corrected chi connectivity index (χ3v) is 6.74. The average Bonchev–Trinajstić information content (AvgIpc) is 2.32. The third-order valence-electron chi connectivity index (χ3n) is 3.02. The Morgan fingerprint density at radius 3 is 2.68 bits per heavy atom. The van der Waals surface area contributed by atoms with Gasteiger partial charge in [0.15, 0.2) is 0 Å². The van der Waals surface area contributed by atoms with Crippen LogP contribution in [0, 0.1) is 5.82 Å². The summed E-state index contributed by atoms with van der Waals surface area (Å²) in [6.45, 7) is 3.84. The number of pyridine rings is 1. The molecule has 0 saturated carbocycles. The molecule has 1 aliphatic heterocycles. The minimum absolute atomic E-state index is 0.151. The number of hydrogen-bond acceptors (Lipinski definition) is 4. The monoisotopic (exact) mass is 306 g/mol. The van der Waals surface area contributed by atoms with Gasteiger partial charge in [-0.05, 0) is 19.9 Å². The second-order valence-corrected chi connectivity index (χ2v) is 9.13. The van der Waals surface area contributed by atoms with Crippen molar-refractivity contribution in [1.29, 1.82) is 0 Å². The predicted octanol–water partition coefficient (Wildman–Crippen LogP) is 0.752. The molecule has 0 spiro atoms. The standard InChI is InChI=1S/C11H15FN2O3S2/c1-11(2)8-14(3-4-18(11)15)19(16,17)10-5-9(12)6-13-7-10/h5-7H,3-4,8H2,1-2H3/t18-/m1/s1. The molecule has 1 aromatic rings. The number of halogens is 1. The molecule has 8 heteroatoms. The van der Waals surface area contributed by atoms with Crippen LogP contribution in [0.15, 0.2) is 23.4 Å². The molecule has 1 aromatic heterocycles. The Bertz CT molecular complexity index is 616. The van der Waals surface area contributed by atoms with E-state index in [0.29, 0.717) is 0 Å². The molecule has 0 unspecified atom stereocenters. The van der Waals surface area contributed by atoms with E-state index in [1.165, 1.54) is 4.31 Å². The summed E-state index contributed by atoms with van der Waals surface area (Å²) >= 11 is 0. The molecule has 2 heterocycles. The molecule has 106 valence electrons. The molecule has 5 nitrogen and oxygen atoms in total. The van der Waals surface area contributed by atoms with E-state index in [-0.39, 0.29) is 23.7 Å². The Hall–Kier alpha value is -0.860. The summed E-state index contributed by atoms with van der Waals surface area (Å²) in [5.74, 6) is -0.407. The minimum Gasteiger partial charge on any atom is -0.260 e. The van der Waals surface area contributed by atoms with Crippen molar-refractivity contribution in [2.75, 3.05) is 18.8 Å². The van der Waals surface area contributed by atoms with E-state index in [9.17, 15) is 17.0 Å². The van der Waals surface area contributed by atoms with Crippen LogP contribution in [0.3, 0.4) is 0 Å². The topological polar surface area (TPSA) is 67.3 Å². The molecular formula is C11H15FN2O3S2. The molecule has 1 saturated heterocycles. The highest BCUT2D eigenvalue weighted by molar-refractivity contribution is 7.89. The zero-order chi connectivity index (χ0) is 14.3. The molecule has 2 rings (SSSR count). The van der Waals surface area contributed by atoms with E-state index in [1.807, 2.05) is 0 Å². The van der Waals surface area contributed by atoms with Gasteiger partial charge in [-0.1, -0.05) is 0 Å². The van der Waals surface area contributed by atoms with Crippen LogP contribution in [0.25, 0.3) is 0 Å². The molecule has 0 bridgehead atoms. The quantitative estimate of drug-likeness (QED) is 0.809. The van der Waals surface area contributed by atoms with Crippen LogP contribution in [-0.4, -0.2) is 45.5 Å². The Morgan fingerprint density at radius 2 is 2.11 bits per heavy atom. The van der Waals surface area contributed by atoms with E-state index in [1.54, 1.807) is 13.8 Å². The number of sulfonamides is 1. The first-order valence-corrected chi connectivity index (χ1v) is 8.48. The van der Waals surface area contributed by atoms with E-state index in [0.717, 1.165) is 18.5 Å². The van der Waals surface area contributed by atoms with Crippen molar-refractivity contribution in [3.63, 3.8) is 0 Å². The van der Waals surface area contributed by atoms with Gasteiger partial charge in [0.25, 0.3) is 0 Å². The maximum absolute atomic E-state index is 13.1. The van der Waals surface area contributed by atoms with Crippen molar-refractivity contribution < 1.29 is 17.0 Å². The Balaban J connectivity index is 2.34. The lowest BCUT2D eigenvalue weighted by molar-refractivity contribution is 0.378. The highest BCUT2D eigenvalue weighted by Gasteiger charge is 2.38. The van der Waals surface area contributed by atoms with Gasteiger partial charge >= 0.3 is 0 Å². The summed E-state index contributed by atoms with van der Waals surface area (Å²) < 4.78 is 50.2. The molecule has 0 N–H and O–H groups in total. The van der Waals surface area contributed by atoms with Gasteiger partial charge in [0.05, 0.1) is 10.9 Å². The summed E-state index contributed by atoms with van der Waals surface area (Å²) in [5.41, 5.74) is 0. The highest BCUT2D eigenvalue weighted by Crippen LogP contribution is 2.25. The first-order valence-electron chi connectivity index (χ1n) is 5.73. The zero-order valence-corrected chi connectivity index (χ0v) is 12.3. The van der Waals surface area contributed by atoms with Crippen LogP contribution in [0.1, 0.15) is 13.8 Å². The van der Waals surface area contributed by atoms with Crippen molar-refractivity contribution in [1.82, 2.24) is 9.29 Å². The Kier molecular flexibility index (Phi) is 3.76. The van der Waals surface area contributed by atoms with Gasteiger partial charge in [-0.2, -0.15) is 4.31 Å². The molecule has 1 fully saturated rings. The van der Waals surface area contributed by atoms with Crippen LogP contribution in [0.5, 0.6) is 0 Å². The van der Waals surface area contributed by atoms with E-state index in [2.05, 4.69) is 4.98 Å². The number of hydrogen-bond donors (Lipinski definition) is 0. The summed E-state index contributed by atoms with van der Waals surface area (Å²) in [7, 11) is -4.85. The fraction of sp³-hybridized carbons (Fsp3) is 0.545. The predicted molar refractivity (Wildman–Crippen MR) is 70.0 cm³/mol. The maximum atomic E-state index is 13.1. The second-order valence-electron chi connectivity index (χ2n) is 4.99.